The van der Waals surface area contributed by atoms with Crippen molar-refractivity contribution in [2.45, 2.75) is 19.4 Å². The third-order valence-corrected chi connectivity index (χ3v) is 2.61. The van der Waals surface area contributed by atoms with Gasteiger partial charge in [-0.2, -0.15) is 0 Å². The SMILES string of the molecule is CCC(NCC(=O)OC)c1cccc([N+](=O)[O-])c1. The second-order valence-electron chi connectivity index (χ2n) is 3.77. The van der Waals surface area contributed by atoms with Crippen LogP contribution in [0.3, 0.4) is 0 Å². The fourth-order valence-corrected chi connectivity index (χ4v) is 1.63. The van der Waals surface area contributed by atoms with Gasteiger partial charge in [-0.1, -0.05) is 19.1 Å². The summed E-state index contributed by atoms with van der Waals surface area (Å²) in [7, 11) is 1.32. The van der Waals surface area contributed by atoms with E-state index in [0.29, 0.717) is 0 Å². The number of ether oxygens (including phenoxy) is 1. The molecule has 1 rings (SSSR count). The number of nitrogens with one attached hydrogen (secondary N) is 1. The van der Waals surface area contributed by atoms with Gasteiger partial charge in [0.05, 0.1) is 18.6 Å². The monoisotopic (exact) mass is 252 g/mol. The van der Waals surface area contributed by atoms with Gasteiger partial charge < -0.3 is 10.1 Å². The number of carbonyl (C=O) groups is 1. The second kappa shape index (κ2) is 6.70. The molecule has 0 aliphatic rings. The topological polar surface area (TPSA) is 81.5 Å². The average Bonchev–Trinajstić information content (AvgIpc) is 2.39. The maximum absolute atomic E-state index is 11.0. The molecule has 0 saturated carbocycles. The fourth-order valence-electron chi connectivity index (χ4n) is 1.63. The molecule has 1 unspecified atom stereocenters. The van der Waals surface area contributed by atoms with E-state index < -0.39 is 4.92 Å². The third-order valence-electron chi connectivity index (χ3n) is 2.61. The Morgan fingerprint density at radius 2 is 2.28 bits per heavy atom. The summed E-state index contributed by atoms with van der Waals surface area (Å²) >= 11 is 0. The van der Waals surface area contributed by atoms with Crippen LogP contribution >= 0.6 is 0 Å². The molecule has 0 fully saturated rings. The highest BCUT2D eigenvalue weighted by Gasteiger charge is 2.14. The molecule has 0 amide bonds. The Bertz CT molecular complexity index is 434. The Morgan fingerprint density at radius 3 is 2.83 bits per heavy atom. The van der Waals surface area contributed by atoms with E-state index in [1.807, 2.05) is 6.92 Å². The van der Waals surface area contributed by atoms with E-state index in [4.69, 9.17) is 0 Å². The Labute approximate surface area is 105 Å². The van der Waals surface area contributed by atoms with E-state index in [1.165, 1.54) is 19.2 Å². The number of hydrogen-bond acceptors (Lipinski definition) is 5. The van der Waals surface area contributed by atoms with Crippen molar-refractivity contribution in [3.05, 3.63) is 39.9 Å². The van der Waals surface area contributed by atoms with Crippen LogP contribution < -0.4 is 5.32 Å². The number of esters is 1. The van der Waals surface area contributed by atoms with Crippen molar-refractivity contribution in [3.8, 4) is 0 Å². The van der Waals surface area contributed by atoms with Crippen LogP contribution in [-0.4, -0.2) is 24.5 Å². The van der Waals surface area contributed by atoms with Gasteiger partial charge in [0.15, 0.2) is 0 Å². The number of benzene rings is 1. The lowest BCUT2D eigenvalue weighted by molar-refractivity contribution is -0.384. The summed E-state index contributed by atoms with van der Waals surface area (Å²) in [6.07, 6.45) is 0.720. The zero-order chi connectivity index (χ0) is 13.5. The largest absolute Gasteiger partial charge is 0.468 e. The average molecular weight is 252 g/mol. The van der Waals surface area contributed by atoms with E-state index in [1.54, 1.807) is 12.1 Å². The first kappa shape index (κ1) is 14.1. The van der Waals surface area contributed by atoms with Crippen molar-refractivity contribution in [1.82, 2.24) is 5.32 Å². The number of nitrogens with zero attached hydrogens (tertiary/aromatic N) is 1. The minimum Gasteiger partial charge on any atom is -0.468 e. The molecule has 0 aliphatic heterocycles. The van der Waals surface area contributed by atoms with Crippen LogP contribution in [0.1, 0.15) is 24.9 Å². The lowest BCUT2D eigenvalue weighted by Crippen LogP contribution is -2.28. The molecule has 98 valence electrons. The summed E-state index contributed by atoms with van der Waals surface area (Å²) in [6, 6.07) is 6.28. The standard InChI is InChI=1S/C12H16N2O4/c1-3-11(13-8-12(15)18-2)9-5-4-6-10(7-9)14(16)17/h4-7,11,13H,3,8H2,1-2H3. The Hall–Kier alpha value is -1.95. The molecule has 0 heterocycles. The van der Waals surface area contributed by atoms with Crippen molar-refractivity contribution in [2.75, 3.05) is 13.7 Å². The molecule has 0 aliphatic carbocycles. The molecule has 0 bridgehead atoms. The van der Waals surface area contributed by atoms with Gasteiger partial charge in [0.25, 0.3) is 5.69 Å². The lowest BCUT2D eigenvalue weighted by Gasteiger charge is -2.16. The van der Waals surface area contributed by atoms with E-state index in [-0.39, 0.29) is 24.2 Å². The Morgan fingerprint density at radius 1 is 1.56 bits per heavy atom. The molecule has 0 aromatic heterocycles. The third kappa shape index (κ3) is 3.81. The van der Waals surface area contributed by atoms with Gasteiger partial charge >= 0.3 is 5.97 Å². The van der Waals surface area contributed by atoms with Gasteiger partial charge in [0, 0.05) is 18.2 Å². The number of nitro groups is 1. The van der Waals surface area contributed by atoms with Gasteiger partial charge in [-0.15, -0.1) is 0 Å². The zero-order valence-electron chi connectivity index (χ0n) is 10.4. The summed E-state index contributed by atoms with van der Waals surface area (Å²) in [6.45, 7) is 2.02. The molecule has 1 aromatic carbocycles. The number of nitro benzene ring substituents is 1. The number of rotatable bonds is 6. The Kier molecular flexibility index (Phi) is 5.26. The predicted molar refractivity (Wildman–Crippen MR) is 66.1 cm³/mol. The van der Waals surface area contributed by atoms with Crippen LogP contribution in [0.4, 0.5) is 5.69 Å². The molecule has 0 saturated heterocycles. The first-order chi connectivity index (χ1) is 8.58. The van der Waals surface area contributed by atoms with E-state index >= 15 is 0 Å². The van der Waals surface area contributed by atoms with Gasteiger partial charge in [0.2, 0.25) is 0 Å². The van der Waals surface area contributed by atoms with Gasteiger partial charge in [-0.3, -0.25) is 14.9 Å². The van der Waals surface area contributed by atoms with Crippen LogP contribution in [0.2, 0.25) is 0 Å². The maximum atomic E-state index is 11.0. The van der Waals surface area contributed by atoms with Crippen LogP contribution in [0, 0.1) is 10.1 Å². The minimum atomic E-state index is -0.434. The molecule has 1 N–H and O–H groups in total. The molecular formula is C12H16N2O4. The first-order valence-electron chi connectivity index (χ1n) is 5.63. The van der Waals surface area contributed by atoms with Crippen molar-refractivity contribution in [2.24, 2.45) is 0 Å². The quantitative estimate of drug-likeness (QED) is 0.474. The van der Waals surface area contributed by atoms with Crippen molar-refractivity contribution in [1.29, 1.82) is 0 Å². The van der Waals surface area contributed by atoms with Gasteiger partial charge in [-0.05, 0) is 12.0 Å². The smallest absolute Gasteiger partial charge is 0.319 e. The van der Waals surface area contributed by atoms with E-state index in [2.05, 4.69) is 10.1 Å². The van der Waals surface area contributed by atoms with Gasteiger partial charge in [-0.25, -0.2) is 0 Å². The molecule has 0 spiro atoms. The maximum Gasteiger partial charge on any atom is 0.319 e. The molecule has 0 radical (unpaired) electrons. The summed E-state index contributed by atoms with van der Waals surface area (Å²) in [5, 5.41) is 13.7. The molecule has 1 aromatic rings. The predicted octanol–water partition coefficient (Wildman–Crippen LogP) is 1.81. The molecule has 18 heavy (non-hydrogen) atoms. The highest BCUT2D eigenvalue weighted by Crippen LogP contribution is 2.21. The summed E-state index contributed by atoms with van der Waals surface area (Å²) in [5.74, 6) is -0.362. The first-order valence-corrected chi connectivity index (χ1v) is 5.63. The lowest BCUT2D eigenvalue weighted by atomic mass is 10.0. The Balaban J connectivity index is 2.78. The molecular weight excluding hydrogens is 236 g/mol. The minimum absolute atomic E-state index is 0.0471. The van der Waals surface area contributed by atoms with E-state index in [0.717, 1.165) is 12.0 Å². The zero-order valence-corrected chi connectivity index (χ0v) is 10.4. The van der Waals surface area contributed by atoms with Crippen LogP contribution in [0.15, 0.2) is 24.3 Å². The van der Waals surface area contributed by atoms with Crippen LogP contribution in [-0.2, 0) is 9.53 Å². The molecule has 1 atom stereocenters. The van der Waals surface area contributed by atoms with E-state index in [9.17, 15) is 14.9 Å². The second-order valence-corrected chi connectivity index (χ2v) is 3.77. The van der Waals surface area contributed by atoms with Crippen molar-refractivity contribution in [3.63, 3.8) is 0 Å². The molecule has 6 heteroatoms. The highest BCUT2D eigenvalue weighted by atomic mass is 16.6. The van der Waals surface area contributed by atoms with Crippen LogP contribution in [0.25, 0.3) is 0 Å². The summed E-state index contributed by atoms with van der Waals surface area (Å²) in [5.41, 5.74) is 0.835. The number of carbonyl (C=O) groups excluding carboxylic acids is 1. The molecule has 6 nitrogen and oxygen atoms in total. The number of hydrogen-bond donors (Lipinski definition) is 1. The number of non-ortho nitro benzene ring substituents is 1. The number of methoxy groups -OCH3 is 1. The van der Waals surface area contributed by atoms with Gasteiger partial charge in [0.1, 0.15) is 0 Å². The van der Waals surface area contributed by atoms with Crippen molar-refractivity contribution >= 4 is 11.7 Å². The highest BCUT2D eigenvalue weighted by molar-refractivity contribution is 5.71. The fraction of sp³-hybridized carbons (Fsp3) is 0.417. The summed E-state index contributed by atoms with van der Waals surface area (Å²) in [4.78, 5) is 21.3. The van der Waals surface area contributed by atoms with Crippen molar-refractivity contribution < 1.29 is 14.5 Å². The normalized spacial score (nSPS) is 11.9. The van der Waals surface area contributed by atoms with Crippen LogP contribution in [0.5, 0.6) is 0 Å². The summed E-state index contributed by atoms with van der Waals surface area (Å²) < 4.78 is 4.53.